The van der Waals surface area contributed by atoms with E-state index in [4.69, 9.17) is 5.73 Å². The first kappa shape index (κ1) is 14.3. The van der Waals surface area contributed by atoms with Gasteiger partial charge in [0.05, 0.1) is 6.42 Å². The van der Waals surface area contributed by atoms with Gasteiger partial charge in [0, 0.05) is 23.2 Å². The van der Waals surface area contributed by atoms with Crippen LogP contribution in [0.3, 0.4) is 0 Å². The van der Waals surface area contributed by atoms with Crippen molar-refractivity contribution in [1.29, 1.82) is 0 Å². The highest BCUT2D eigenvalue weighted by atomic mass is 79.9. The molecule has 2 aromatic carbocycles. The number of anilines is 1. The molecule has 2 N–H and O–H groups in total. The van der Waals surface area contributed by atoms with Crippen molar-refractivity contribution in [2.45, 2.75) is 18.9 Å². The number of likely N-dealkylation sites (N-methyl/N-ethyl adjacent to an activating group) is 1. The van der Waals surface area contributed by atoms with Crippen LogP contribution in [0.4, 0.5) is 5.69 Å². The molecule has 0 saturated heterocycles. The average molecular weight is 345 g/mol. The van der Waals surface area contributed by atoms with Gasteiger partial charge in [0.15, 0.2) is 0 Å². The van der Waals surface area contributed by atoms with Crippen LogP contribution in [0.2, 0.25) is 0 Å². The van der Waals surface area contributed by atoms with Crippen LogP contribution in [0.1, 0.15) is 22.7 Å². The van der Waals surface area contributed by atoms with Crippen molar-refractivity contribution in [3.05, 3.63) is 63.6 Å². The van der Waals surface area contributed by atoms with Gasteiger partial charge in [0.25, 0.3) is 0 Å². The van der Waals surface area contributed by atoms with Crippen LogP contribution >= 0.6 is 15.9 Å². The van der Waals surface area contributed by atoms with Gasteiger partial charge in [-0.25, -0.2) is 0 Å². The van der Waals surface area contributed by atoms with Crippen LogP contribution < -0.4 is 10.6 Å². The van der Waals surface area contributed by atoms with Crippen molar-refractivity contribution in [2.75, 3.05) is 11.9 Å². The Balaban J connectivity index is 1.80. The lowest BCUT2D eigenvalue weighted by Crippen LogP contribution is -2.20. The second-order valence-corrected chi connectivity index (χ2v) is 6.37. The summed E-state index contributed by atoms with van der Waals surface area (Å²) >= 11 is 3.43. The lowest BCUT2D eigenvalue weighted by molar-refractivity contribution is -0.117. The summed E-state index contributed by atoms with van der Waals surface area (Å²) in [5.41, 5.74) is 10.7. The molecule has 4 heteroatoms. The van der Waals surface area contributed by atoms with Gasteiger partial charge in [-0.3, -0.25) is 4.79 Å². The Kier molecular flexibility index (Phi) is 3.83. The molecule has 21 heavy (non-hydrogen) atoms. The molecule has 1 aliphatic rings. The van der Waals surface area contributed by atoms with Gasteiger partial charge >= 0.3 is 0 Å². The fourth-order valence-corrected chi connectivity index (χ4v) is 2.98. The lowest BCUT2D eigenvalue weighted by Gasteiger charge is -2.15. The van der Waals surface area contributed by atoms with E-state index in [-0.39, 0.29) is 11.9 Å². The number of nitrogens with two attached hydrogens (primary N) is 1. The third-order valence-electron chi connectivity index (χ3n) is 3.98. The van der Waals surface area contributed by atoms with Gasteiger partial charge in [-0.2, -0.15) is 0 Å². The Morgan fingerprint density at radius 3 is 2.67 bits per heavy atom. The van der Waals surface area contributed by atoms with Crippen molar-refractivity contribution in [3.63, 3.8) is 0 Å². The van der Waals surface area contributed by atoms with Gasteiger partial charge in [-0.1, -0.05) is 40.2 Å². The van der Waals surface area contributed by atoms with E-state index in [9.17, 15) is 4.79 Å². The maximum Gasteiger partial charge on any atom is 0.231 e. The Bertz CT molecular complexity index is 682. The summed E-state index contributed by atoms with van der Waals surface area (Å²) in [5.74, 6) is 0.142. The summed E-state index contributed by atoms with van der Waals surface area (Å²) in [7, 11) is 1.82. The van der Waals surface area contributed by atoms with Crippen LogP contribution in [-0.2, 0) is 17.6 Å². The van der Waals surface area contributed by atoms with Crippen molar-refractivity contribution in [1.82, 2.24) is 0 Å². The number of hydrogen-bond acceptors (Lipinski definition) is 2. The van der Waals surface area contributed by atoms with Crippen LogP contribution in [0.15, 0.2) is 46.9 Å². The molecular formula is C17H17BrN2O. The van der Waals surface area contributed by atoms with E-state index in [0.29, 0.717) is 6.42 Å². The first-order valence-corrected chi connectivity index (χ1v) is 7.73. The molecular weight excluding hydrogens is 328 g/mol. The molecule has 0 radical (unpaired) electrons. The smallest absolute Gasteiger partial charge is 0.231 e. The zero-order valence-corrected chi connectivity index (χ0v) is 13.4. The van der Waals surface area contributed by atoms with Crippen LogP contribution in [0.25, 0.3) is 0 Å². The molecule has 3 nitrogen and oxygen atoms in total. The fraction of sp³-hybridized carbons (Fsp3) is 0.235. The van der Waals surface area contributed by atoms with Crippen LogP contribution in [0.5, 0.6) is 0 Å². The average Bonchev–Trinajstić information content (AvgIpc) is 2.76. The number of carbonyl (C=O) groups is 1. The summed E-state index contributed by atoms with van der Waals surface area (Å²) in [6.07, 6.45) is 1.26. The van der Waals surface area contributed by atoms with Crippen molar-refractivity contribution in [3.8, 4) is 0 Å². The van der Waals surface area contributed by atoms with Gasteiger partial charge in [0.1, 0.15) is 0 Å². The summed E-state index contributed by atoms with van der Waals surface area (Å²) in [4.78, 5) is 13.4. The molecule has 1 aliphatic heterocycles. The number of benzene rings is 2. The molecule has 0 aliphatic carbocycles. The minimum Gasteiger partial charge on any atom is -0.324 e. The molecule has 0 fully saturated rings. The molecule has 1 unspecified atom stereocenters. The van der Waals surface area contributed by atoms with Crippen LogP contribution in [-0.4, -0.2) is 13.0 Å². The summed E-state index contributed by atoms with van der Waals surface area (Å²) in [6.45, 7) is 0. The largest absolute Gasteiger partial charge is 0.324 e. The summed E-state index contributed by atoms with van der Waals surface area (Å²) in [5, 5.41) is 0. The monoisotopic (exact) mass is 344 g/mol. The molecule has 0 saturated carbocycles. The third-order valence-corrected chi connectivity index (χ3v) is 4.51. The van der Waals surface area contributed by atoms with E-state index in [1.54, 1.807) is 4.90 Å². The molecule has 0 aromatic heterocycles. The van der Waals surface area contributed by atoms with Crippen molar-refractivity contribution >= 4 is 27.5 Å². The van der Waals surface area contributed by atoms with E-state index in [1.807, 2.05) is 31.3 Å². The quantitative estimate of drug-likeness (QED) is 0.929. The molecule has 0 spiro atoms. The second kappa shape index (κ2) is 5.62. The van der Waals surface area contributed by atoms with Gasteiger partial charge in [0.2, 0.25) is 5.91 Å². The zero-order valence-electron chi connectivity index (χ0n) is 11.8. The fourth-order valence-electron chi connectivity index (χ4n) is 2.71. The minimum atomic E-state index is -0.0579. The first-order chi connectivity index (χ1) is 10.0. The first-order valence-electron chi connectivity index (χ1n) is 6.94. The highest BCUT2D eigenvalue weighted by molar-refractivity contribution is 9.10. The Morgan fingerprint density at radius 2 is 1.95 bits per heavy atom. The van der Waals surface area contributed by atoms with Crippen molar-refractivity contribution in [2.24, 2.45) is 5.73 Å². The van der Waals surface area contributed by atoms with E-state index in [2.05, 4.69) is 34.1 Å². The Labute approximate surface area is 132 Å². The SMILES string of the molecule is CN1C(=O)Cc2cc(C(N)Cc3ccc(Br)cc3)ccc21. The molecule has 1 heterocycles. The van der Waals surface area contributed by atoms with Crippen molar-refractivity contribution < 1.29 is 4.79 Å². The number of nitrogens with zero attached hydrogens (tertiary/aromatic N) is 1. The third kappa shape index (κ3) is 2.87. The molecule has 0 bridgehead atoms. The normalized spacial score (nSPS) is 15.2. The van der Waals surface area contributed by atoms with E-state index < -0.39 is 0 Å². The predicted octanol–water partition coefficient (Wildman–Crippen LogP) is 3.21. The molecule has 108 valence electrons. The number of carbonyl (C=O) groups excluding carboxylic acids is 1. The number of hydrogen-bond donors (Lipinski definition) is 1. The highest BCUT2D eigenvalue weighted by Crippen LogP contribution is 2.30. The minimum absolute atomic E-state index is 0.0579. The maximum absolute atomic E-state index is 11.7. The molecule has 2 aromatic rings. The Hall–Kier alpha value is -1.65. The predicted molar refractivity (Wildman–Crippen MR) is 88.3 cm³/mol. The molecule has 3 rings (SSSR count). The maximum atomic E-state index is 11.7. The number of fused-ring (bicyclic) bond motifs is 1. The molecule has 1 atom stereocenters. The van der Waals surface area contributed by atoms with Crippen LogP contribution in [0, 0.1) is 0 Å². The number of halogens is 1. The summed E-state index contributed by atoms with van der Waals surface area (Å²) < 4.78 is 1.07. The Morgan fingerprint density at radius 1 is 1.24 bits per heavy atom. The topological polar surface area (TPSA) is 46.3 Å². The standard InChI is InChI=1S/C17H17BrN2O/c1-20-16-7-4-12(9-13(16)10-17(20)21)15(19)8-11-2-5-14(18)6-3-11/h2-7,9,15H,8,10,19H2,1H3. The zero-order chi connectivity index (χ0) is 15.0. The van der Waals surface area contributed by atoms with Gasteiger partial charge in [-0.05, 0) is 41.3 Å². The summed E-state index contributed by atoms with van der Waals surface area (Å²) in [6, 6.07) is 14.2. The van der Waals surface area contributed by atoms with Gasteiger partial charge in [-0.15, -0.1) is 0 Å². The van der Waals surface area contributed by atoms with E-state index in [0.717, 1.165) is 27.7 Å². The molecule has 1 amide bonds. The lowest BCUT2D eigenvalue weighted by atomic mass is 9.97. The highest BCUT2D eigenvalue weighted by Gasteiger charge is 2.24. The number of amides is 1. The number of rotatable bonds is 3. The van der Waals surface area contributed by atoms with Gasteiger partial charge < -0.3 is 10.6 Å². The second-order valence-electron chi connectivity index (χ2n) is 5.45. The van der Waals surface area contributed by atoms with E-state index in [1.165, 1.54) is 5.56 Å². The van der Waals surface area contributed by atoms with E-state index >= 15 is 0 Å².